The summed E-state index contributed by atoms with van der Waals surface area (Å²) < 4.78 is 28.6. The molecule has 0 aliphatic heterocycles. The summed E-state index contributed by atoms with van der Waals surface area (Å²) in [4.78, 5) is 0. The van der Waals surface area contributed by atoms with Crippen LogP contribution in [0.1, 0.15) is 29.9 Å². The van der Waals surface area contributed by atoms with E-state index in [2.05, 4.69) is 21.0 Å². The van der Waals surface area contributed by atoms with Crippen LogP contribution in [0.5, 0.6) is 0 Å². The Hall–Kier alpha value is -1.27. The van der Waals surface area contributed by atoms with Gasteiger partial charge < -0.3 is 5.73 Å². The van der Waals surface area contributed by atoms with Crippen molar-refractivity contribution in [1.82, 2.24) is 9.78 Å². The van der Waals surface area contributed by atoms with Gasteiger partial charge in [-0.2, -0.15) is 5.10 Å². The van der Waals surface area contributed by atoms with E-state index in [9.17, 15) is 8.78 Å². The largest absolute Gasteiger partial charge is 0.324 e. The van der Waals surface area contributed by atoms with E-state index in [0.717, 1.165) is 24.0 Å². The molecule has 0 radical (unpaired) electrons. The SMILES string of the molecule is CCn1nc(C)cc1CC(N)c1ccc(F)c(F)c1Br. The van der Waals surface area contributed by atoms with Crippen molar-refractivity contribution in [2.75, 3.05) is 0 Å². The predicted molar refractivity (Wildman–Crippen MR) is 77.3 cm³/mol. The van der Waals surface area contributed by atoms with Gasteiger partial charge in [-0.25, -0.2) is 8.78 Å². The van der Waals surface area contributed by atoms with Crippen LogP contribution in [-0.4, -0.2) is 9.78 Å². The van der Waals surface area contributed by atoms with Crippen molar-refractivity contribution in [2.45, 2.75) is 32.9 Å². The lowest BCUT2D eigenvalue weighted by molar-refractivity contribution is 0.499. The molecule has 2 aromatic rings. The molecular weight excluding hydrogens is 328 g/mol. The number of nitrogens with two attached hydrogens (primary N) is 1. The van der Waals surface area contributed by atoms with Gasteiger partial charge in [0.15, 0.2) is 11.6 Å². The third kappa shape index (κ3) is 2.91. The fourth-order valence-electron chi connectivity index (χ4n) is 2.20. The molecule has 1 aromatic heterocycles. The average molecular weight is 344 g/mol. The number of aryl methyl sites for hydroxylation is 2. The molecule has 2 rings (SSSR count). The molecule has 0 saturated carbocycles. The smallest absolute Gasteiger partial charge is 0.173 e. The lowest BCUT2D eigenvalue weighted by atomic mass is 10.0. The van der Waals surface area contributed by atoms with Gasteiger partial charge in [0, 0.05) is 24.7 Å². The zero-order chi connectivity index (χ0) is 14.9. The van der Waals surface area contributed by atoms with Crippen molar-refractivity contribution >= 4 is 15.9 Å². The Morgan fingerprint density at radius 3 is 2.75 bits per heavy atom. The maximum Gasteiger partial charge on any atom is 0.173 e. The highest BCUT2D eigenvalue weighted by Gasteiger charge is 2.18. The number of hydrogen-bond donors (Lipinski definition) is 1. The quantitative estimate of drug-likeness (QED) is 0.863. The van der Waals surface area contributed by atoms with E-state index in [1.807, 2.05) is 24.6 Å². The Kier molecular flexibility index (Phi) is 4.55. The second-order valence-electron chi connectivity index (χ2n) is 4.67. The molecule has 0 saturated heterocycles. The summed E-state index contributed by atoms with van der Waals surface area (Å²) in [6.45, 7) is 4.65. The summed E-state index contributed by atoms with van der Waals surface area (Å²) in [5, 5.41) is 4.35. The number of hydrogen-bond acceptors (Lipinski definition) is 2. The van der Waals surface area contributed by atoms with Crippen LogP contribution in [0.25, 0.3) is 0 Å². The molecule has 0 fully saturated rings. The van der Waals surface area contributed by atoms with Gasteiger partial charge in [-0.05, 0) is 47.5 Å². The van der Waals surface area contributed by atoms with Gasteiger partial charge in [-0.3, -0.25) is 4.68 Å². The van der Waals surface area contributed by atoms with Gasteiger partial charge in [0.1, 0.15) is 0 Å². The van der Waals surface area contributed by atoms with E-state index in [1.165, 1.54) is 6.07 Å². The monoisotopic (exact) mass is 343 g/mol. The molecule has 2 N–H and O–H groups in total. The van der Waals surface area contributed by atoms with E-state index < -0.39 is 17.7 Å². The van der Waals surface area contributed by atoms with Crippen molar-refractivity contribution < 1.29 is 8.78 Å². The van der Waals surface area contributed by atoms with Gasteiger partial charge in [0.2, 0.25) is 0 Å². The summed E-state index contributed by atoms with van der Waals surface area (Å²) in [5.74, 6) is -1.79. The van der Waals surface area contributed by atoms with Crippen LogP contribution in [0.2, 0.25) is 0 Å². The molecule has 0 amide bonds. The van der Waals surface area contributed by atoms with Crippen molar-refractivity contribution in [3.05, 3.63) is 51.3 Å². The second-order valence-corrected chi connectivity index (χ2v) is 5.46. The predicted octanol–water partition coefficient (Wildman–Crippen LogP) is 3.49. The highest BCUT2D eigenvalue weighted by Crippen LogP contribution is 2.28. The highest BCUT2D eigenvalue weighted by molar-refractivity contribution is 9.10. The molecular formula is C14H16BrF2N3. The second kappa shape index (κ2) is 6.01. The summed E-state index contributed by atoms with van der Waals surface area (Å²) in [6, 6.07) is 4.13. The number of halogens is 3. The molecule has 20 heavy (non-hydrogen) atoms. The lowest BCUT2D eigenvalue weighted by Gasteiger charge is -2.15. The van der Waals surface area contributed by atoms with Gasteiger partial charge >= 0.3 is 0 Å². The Morgan fingerprint density at radius 1 is 1.40 bits per heavy atom. The van der Waals surface area contributed by atoms with Gasteiger partial charge in [-0.1, -0.05) is 6.07 Å². The summed E-state index contributed by atoms with van der Waals surface area (Å²) in [5.41, 5.74) is 8.56. The first-order valence-corrected chi connectivity index (χ1v) is 7.15. The first kappa shape index (κ1) is 15.1. The first-order valence-electron chi connectivity index (χ1n) is 6.36. The standard InChI is InChI=1S/C14H16BrF2N3/c1-3-20-9(6-8(2)19-20)7-12(18)10-4-5-11(16)14(17)13(10)15/h4-6,12H,3,7,18H2,1-2H3. The van der Waals surface area contributed by atoms with E-state index in [-0.39, 0.29) is 4.47 Å². The number of benzene rings is 1. The summed E-state index contributed by atoms with van der Waals surface area (Å²) in [7, 11) is 0. The van der Waals surface area contributed by atoms with E-state index in [1.54, 1.807) is 0 Å². The topological polar surface area (TPSA) is 43.8 Å². The van der Waals surface area contributed by atoms with Crippen LogP contribution in [0.4, 0.5) is 8.78 Å². The Labute approximate surface area is 124 Å². The van der Waals surface area contributed by atoms with Gasteiger partial charge in [0.05, 0.1) is 10.2 Å². The zero-order valence-electron chi connectivity index (χ0n) is 11.3. The minimum atomic E-state index is -0.905. The molecule has 0 aliphatic rings. The van der Waals surface area contributed by atoms with Crippen molar-refractivity contribution in [3.63, 3.8) is 0 Å². The van der Waals surface area contributed by atoms with Crippen LogP contribution in [0.15, 0.2) is 22.7 Å². The molecule has 0 aliphatic carbocycles. The minimum absolute atomic E-state index is 0.0873. The normalized spacial score (nSPS) is 12.7. The Balaban J connectivity index is 2.28. The molecule has 0 bridgehead atoms. The fraction of sp³-hybridized carbons (Fsp3) is 0.357. The van der Waals surface area contributed by atoms with Crippen LogP contribution < -0.4 is 5.73 Å². The molecule has 6 heteroatoms. The maximum absolute atomic E-state index is 13.5. The lowest BCUT2D eigenvalue weighted by Crippen LogP contribution is -2.17. The summed E-state index contributed by atoms with van der Waals surface area (Å²) in [6.07, 6.45) is 0.512. The van der Waals surface area contributed by atoms with Crippen LogP contribution >= 0.6 is 15.9 Å². The molecule has 3 nitrogen and oxygen atoms in total. The van der Waals surface area contributed by atoms with Crippen molar-refractivity contribution in [1.29, 1.82) is 0 Å². The molecule has 1 heterocycles. The van der Waals surface area contributed by atoms with Crippen molar-refractivity contribution in [2.24, 2.45) is 5.73 Å². The number of aromatic nitrogens is 2. The molecule has 1 unspecified atom stereocenters. The van der Waals surface area contributed by atoms with Crippen LogP contribution in [0.3, 0.4) is 0 Å². The maximum atomic E-state index is 13.5. The minimum Gasteiger partial charge on any atom is -0.324 e. The third-order valence-corrected chi connectivity index (χ3v) is 3.98. The Morgan fingerprint density at radius 2 is 2.10 bits per heavy atom. The molecule has 1 aromatic carbocycles. The molecule has 108 valence electrons. The average Bonchev–Trinajstić information content (AvgIpc) is 2.76. The zero-order valence-corrected chi connectivity index (χ0v) is 12.9. The van der Waals surface area contributed by atoms with Gasteiger partial charge in [-0.15, -0.1) is 0 Å². The number of rotatable bonds is 4. The third-order valence-electron chi connectivity index (χ3n) is 3.18. The Bertz CT molecular complexity index is 625. The van der Waals surface area contributed by atoms with E-state index in [4.69, 9.17) is 5.73 Å². The van der Waals surface area contributed by atoms with Gasteiger partial charge in [0.25, 0.3) is 0 Å². The molecule has 1 atom stereocenters. The van der Waals surface area contributed by atoms with E-state index in [0.29, 0.717) is 12.0 Å². The van der Waals surface area contributed by atoms with E-state index >= 15 is 0 Å². The van der Waals surface area contributed by atoms with Crippen LogP contribution in [0, 0.1) is 18.6 Å². The van der Waals surface area contributed by atoms with Crippen LogP contribution in [-0.2, 0) is 13.0 Å². The number of nitrogens with zero attached hydrogens (tertiary/aromatic N) is 2. The first-order chi connectivity index (χ1) is 9.43. The highest BCUT2D eigenvalue weighted by atomic mass is 79.9. The fourth-order valence-corrected chi connectivity index (χ4v) is 2.82. The van der Waals surface area contributed by atoms with Crippen molar-refractivity contribution in [3.8, 4) is 0 Å². The summed E-state index contributed by atoms with van der Waals surface area (Å²) >= 11 is 3.07. The molecule has 0 spiro atoms.